The smallest absolute Gasteiger partial charge is 0.115 e. The molecule has 0 saturated carbocycles. The first kappa shape index (κ1) is 16.9. The van der Waals surface area contributed by atoms with Gasteiger partial charge in [0.1, 0.15) is 5.75 Å². The van der Waals surface area contributed by atoms with E-state index in [1.807, 2.05) is 61.5 Å². The molecule has 1 heterocycles. The Labute approximate surface area is 161 Å². The van der Waals surface area contributed by atoms with Gasteiger partial charge >= 0.3 is 0 Å². The van der Waals surface area contributed by atoms with Crippen LogP contribution in [0.4, 0.5) is 0 Å². The summed E-state index contributed by atoms with van der Waals surface area (Å²) < 4.78 is 0. The van der Waals surface area contributed by atoms with E-state index in [0.29, 0.717) is 10.0 Å². The van der Waals surface area contributed by atoms with Crippen molar-refractivity contribution in [3.8, 4) is 28.1 Å². The van der Waals surface area contributed by atoms with Crippen LogP contribution >= 0.6 is 23.2 Å². The molecule has 26 heavy (non-hydrogen) atoms. The molecular formula is C22H15Cl2NO. The molecule has 0 spiro atoms. The van der Waals surface area contributed by atoms with Gasteiger partial charge in [-0.3, -0.25) is 0 Å². The average Bonchev–Trinajstić information content (AvgIpc) is 2.63. The standard InChI is InChI=1S/C22H15Cl2NO/c1-13-21(17-4-2-3-5-19(17)24)18-12-15(23)8-11-20(18)25-22(13)14-6-9-16(26)10-7-14/h2-12,26H,1H3. The third-order valence-electron chi connectivity index (χ3n) is 4.47. The molecule has 1 N–H and O–H groups in total. The van der Waals surface area contributed by atoms with Gasteiger partial charge < -0.3 is 5.11 Å². The molecule has 4 heteroatoms. The zero-order valence-electron chi connectivity index (χ0n) is 14.0. The van der Waals surface area contributed by atoms with E-state index in [0.717, 1.165) is 38.9 Å². The van der Waals surface area contributed by atoms with Crippen LogP contribution in [-0.2, 0) is 0 Å². The third kappa shape index (κ3) is 2.92. The topological polar surface area (TPSA) is 33.1 Å². The van der Waals surface area contributed by atoms with Crippen molar-refractivity contribution in [1.29, 1.82) is 0 Å². The minimum Gasteiger partial charge on any atom is -0.508 e. The average molecular weight is 380 g/mol. The minimum absolute atomic E-state index is 0.227. The Morgan fingerprint density at radius 1 is 0.885 bits per heavy atom. The summed E-state index contributed by atoms with van der Waals surface area (Å²) in [6.45, 7) is 2.04. The van der Waals surface area contributed by atoms with Crippen LogP contribution < -0.4 is 0 Å². The van der Waals surface area contributed by atoms with Gasteiger partial charge in [-0.1, -0.05) is 41.4 Å². The van der Waals surface area contributed by atoms with E-state index in [2.05, 4.69) is 0 Å². The van der Waals surface area contributed by atoms with Crippen molar-refractivity contribution < 1.29 is 5.11 Å². The van der Waals surface area contributed by atoms with Crippen molar-refractivity contribution in [2.24, 2.45) is 0 Å². The van der Waals surface area contributed by atoms with Crippen molar-refractivity contribution in [2.75, 3.05) is 0 Å². The van der Waals surface area contributed by atoms with Crippen LogP contribution in [-0.4, -0.2) is 10.1 Å². The Morgan fingerprint density at radius 3 is 2.35 bits per heavy atom. The quantitative estimate of drug-likeness (QED) is 0.411. The largest absolute Gasteiger partial charge is 0.508 e. The molecule has 0 aliphatic carbocycles. The van der Waals surface area contributed by atoms with Crippen LogP contribution in [0.15, 0.2) is 66.7 Å². The fourth-order valence-electron chi connectivity index (χ4n) is 3.24. The van der Waals surface area contributed by atoms with E-state index in [9.17, 15) is 5.11 Å². The van der Waals surface area contributed by atoms with Crippen LogP contribution in [0, 0.1) is 6.92 Å². The van der Waals surface area contributed by atoms with Gasteiger partial charge in [0.05, 0.1) is 11.2 Å². The molecule has 0 bridgehead atoms. The first-order valence-corrected chi connectivity index (χ1v) is 8.94. The zero-order chi connectivity index (χ0) is 18.3. The van der Waals surface area contributed by atoms with Crippen molar-refractivity contribution in [3.05, 3.63) is 82.3 Å². The number of rotatable bonds is 2. The second kappa shape index (κ2) is 6.64. The highest BCUT2D eigenvalue weighted by Crippen LogP contribution is 2.40. The number of hydrogen-bond acceptors (Lipinski definition) is 2. The summed E-state index contributed by atoms with van der Waals surface area (Å²) in [6.07, 6.45) is 0. The van der Waals surface area contributed by atoms with Gasteiger partial charge in [-0.05, 0) is 66.6 Å². The first-order chi connectivity index (χ1) is 12.5. The maximum absolute atomic E-state index is 9.59. The van der Waals surface area contributed by atoms with E-state index in [1.165, 1.54) is 0 Å². The molecule has 128 valence electrons. The summed E-state index contributed by atoms with van der Waals surface area (Å²) in [5.74, 6) is 0.227. The van der Waals surface area contributed by atoms with E-state index < -0.39 is 0 Å². The summed E-state index contributed by atoms with van der Waals surface area (Å²) in [5, 5.41) is 11.9. The van der Waals surface area contributed by atoms with E-state index in [-0.39, 0.29) is 5.75 Å². The van der Waals surface area contributed by atoms with Crippen LogP contribution in [0.2, 0.25) is 10.0 Å². The Bertz CT molecular complexity index is 1120. The van der Waals surface area contributed by atoms with Crippen LogP contribution in [0.3, 0.4) is 0 Å². The lowest BCUT2D eigenvalue weighted by Crippen LogP contribution is -1.96. The number of nitrogens with zero attached hydrogens (tertiary/aromatic N) is 1. The second-order valence-electron chi connectivity index (χ2n) is 6.15. The fourth-order valence-corrected chi connectivity index (χ4v) is 3.64. The predicted molar refractivity (Wildman–Crippen MR) is 109 cm³/mol. The Kier molecular flexibility index (Phi) is 4.31. The fraction of sp³-hybridized carbons (Fsp3) is 0.0455. The number of benzene rings is 3. The molecule has 4 aromatic rings. The predicted octanol–water partition coefficient (Wildman–Crippen LogP) is 6.89. The third-order valence-corrected chi connectivity index (χ3v) is 5.04. The lowest BCUT2D eigenvalue weighted by molar-refractivity contribution is 0.475. The van der Waals surface area contributed by atoms with Gasteiger partial charge in [0.2, 0.25) is 0 Å². The molecule has 4 rings (SSSR count). The number of phenols is 1. The van der Waals surface area contributed by atoms with Gasteiger partial charge in [0.15, 0.2) is 0 Å². The normalized spacial score (nSPS) is 11.0. The van der Waals surface area contributed by atoms with Gasteiger partial charge in [-0.25, -0.2) is 4.98 Å². The van der Waals surface area contributed by atoms with Crippen LogP contribution in [0.5, 0.6) is 5.75 Å². The monoisotopic (exact) mass is 379 g/mol. The molecule has 0 atom stereocenters. The lowest BCUT2D eigenvalue weighted by Gasteiger charge is -2.16. The number of pyridine rings is 1. The maximum Gasteiger partial charge on any atom is 0.115 e. The van der Waals surface area contributed by atoms with Crippen molar-refractivity contribution in [1.82, 2.24) is 4.98 Å². The van der Waals surface area contributed by atoms with Crippen molar-refractivity contribution in [3.63, 3.8) is 0 Å². The second-order valence-corrected chi connectivity index (χ2v) is 6.99. The summed E-state index contributed by atoms with van der Waals surface area (Å²) in [5.41, 5.74) is 5.62. The highest BCUT2D eigenvalue weighted by molar-refractivity contribution is 6.34. The maximum atomic E-state index is 9.59. The SMILES string of the molecule is Cc1c(-c2ccc(O)cc2)nc2ccc(Cl)cc2c1-c1ccccc1Cl. The Morgan fingerprint density at radius 2 is 1.62 bits per heavy atom. The molecule has 3 aromatic carbocycles. The molecule has 0 amide bonds. The number of fused-ring (bicyclic) bond motifs is 1. The number of hydrogen-bond donors (Lipinski definition) is 1. The van der Waals surface area contributed by atoms with Gasteiger partial charge in [0, 0.05) is 26.6 Å². The highest BCUT2D eigenvalue weighted by Gasteiger charge is 2.17. The molecule has 0 aliphatic rings. The summed E-state index contributed by atoms with van der Waals surface area (Å²) in [4.78, 5) is 4.85. The van der Waals surface area contributed by atoms with Gasteiger partial charge in [-0.2, -0.15) is 0 Å². The molecule has 2 nitrogen and oxygen atoms in total. The van der Waals surface area contributed by atoms with E-state index in [1.54, 1.807) is 12.1 Å². The van der Waals surface area contributed by atoms with E-state index >= 15 is 0 Å². The molecular weight excluding hydrogens is 365 g/mol. The molecule has 0 aliphatic heterocycles. The van der Waals surface area contributed by atoms with Crippen molar-refractivity contribution in [2.45, 2.75) is 6.92 Å². The molecule has 0 radical (unpaired) electrons. The molecule has 0 saturated heterocycles. The number of phenolic OH excluding ortho intramolecular Hbond substituents is 1. The summed E-state index contributed by atoms with van der Waals surface area (Å²) >= 11 is 12.8. The Balaban J connectivity index is 2.11. The lowest BCUT2D eigenvalue weighted by atomic mass is 9.93. The Hall–Kier alpha value is -2.55. The van der Waals surface area contributed by atoms with Gasteiger partial charge in [-0.15, -0.1) is 0 Å². The number of aromatic hydroxyl groups is 1. The molecule has 0 fully saturated rings. The van der Waals surface area contributed by atoms with E-state index in [4.69, 9.17) is 28.2 Å². The van der Waals surface area contributed by atoms with Gasteiger partial charge in [0.25, 0.3) is 0 Å². The highest BCUT2D eigenvalue weighted by atomic mass is 35.5. The minimum atomic E-state index is 0.227. The molecule has 1 aromatic heterocycles. The summed E-state index contributed by atoms with van der Waals surface area (Å²) in [6, 6.07) is 20.5. The molecule has 0 unspecified atom stereocenters. The van der Waals surface area contributed by atoms with Crippen LogP contribution in [0.1, 0.15) is 5.56 Å². The number of aromatic nitrogens is 1. The zero-order valence-corrected chi connectivity index (χ0v) is 15.5. The first-order valence-electron chi connectivity index (χ1n) is 8.19. The van der Waals surface area contributed by atoms with Crippen LogP contribution in [0.25, 0.3) is 33.3 Å². The summed E-state index contributed by atoms with van der Waals surface area (Å²) in [7, 11) is 0. The number of halogens is 2. The van der Waals surface area contributed by atoms with Crippen molar-refractivity contribution >= 4 is 34.1 Å².